The van der Waals surface area contributed by atoms with E-state index in [9.17, 15) is 19.6 Å². The maximum Gasteiger partial charge on any atom is 0.274 e. The summed E-state index contributed by atoms with van der Waals surface area (Å²) in [7, 11) is 0. The van der Waals surface area contributed by atoms with Crippen molar-refractivity contribution < 1.29 is 23.8 Å². The van der Waals surface area contributed by atoms with Crippen molar-refractivity contribution in [1.29, 1.82) is 5.26 Å². The first-order valence-corrected chi connectivity index (χ1v) is 14.9. The highest BCUT2D eigenvalue weighted by molar-refractivity contribution is 7.07. The predicted molar refractivity (Wildman–Crippen MR) is 157 cm³/mol. The molecule has 10 nitrogen and oxygen atoms in total. The van der Waals surface area contributed by atoms with E-state index in [0.29, 0.717) is 40.8 Å². The quantitative estimate of drug-likeness (QED) is 0.270. The molecule has 4 heterocycles. The second kappa shape index (κ2) is 11.9. The van der Waals surface area contributed by atoms with Crippen molar-refractivity contribution in [2.75, 3.05) is 31.2 Å². The molecule has 43 heavy (non-hydrogen) atoms. The Hall–Kier alpha value is -4.60. The molecule has 6 rings (SSSR count). The van der Waals surface area contributed by atoms with Gasteiger partial charge in [0.2, 0.25) is 5.88 Å². The average molecular weight is 601 g/mol. The molecule has 1 aromatic carbocycles. The Balaban J connectivity index is 1.20. The van der Waals surface area contributed by atoms with Gasteiger partial charge in [-0.15, -0.1) is 11.3 Å². The maximum absolute atomic E-state index is 13.6. The Bertz CT molecular complexity index is 1660. The number of halogens is 1. The number of aliphatic hydroxyl groups excluding tert-OH is 1. The number of pyridine rings is 2. The number of amides is 1. The van der Waals surface area contributed by atoms with Crippen LogP contribution in [0.4, 0.5) is 10.1 Å². The second-order valence-corrected chi connectivity index (χ2v) is 11.5. The van der Waals surface area contributed by atoms with Gasteiger partial charge in [0.15, 0.2) is 11.4 Å². The van der Waals surface area contributed by atoms with Crippen molar-refractivity contribution in [3.8, 4) is 29.0 Å². The number of carbonyl (C=O) groups excluding carboxylic acids is 1. The van der Waals surface area contributed by atoms with Gasteiger partial charge >= 0.3 is 0 Å². The van der Waals surface area contributed by atoms with E-state index in [1.807, 2.05) is 13.0 Å². The monoisotopic (exact) mass is 600 g/mol. The van der Waals surface area contributed by atoms with Crippen LogP contribution in [0.2, 0.25) is 0 Å². The number of thiazole rings is 1. The third kappa shape index (κ3) is 5.74. The zero-order chi connectivity index (χ0) is 30.0. The molecule has 2 fully saturated rings. The van der Waals surface area contributed by atoms with Crippen LogP contribution in [-0.4, -0.2) is 58.4 Å². The third-order valence-corrected chi connectivity index (χ3v) is 8.39. The lowest BCUT2D eigenvalue weighted by molar-refractivity contribution is -0.0344. The molecular formula is C31H29FN6O4S. The lowest BCUT2D eigenvalue weighted by Gasteiger charge is -2.59. The van der Waals surface area contributed by atoms with Gasteiger partial charge in [-0.1, -0.05) is 0 Å². The Labute approximate surface area is 251 Å². The van der Waals surface area contributed by atoms with Crippen molar-refractivity contribution in [3.05, 3.63) is 82.3 Å². The lowest BCUT2D eigenvalue weighted by atomic mass is 9.61. The first-order valence-electron chi connectivity index (χ1n) is 13.9. The van der Waals surface area contributed by atoms with Crippen LogP contribution in [0.1, 0.15) is 47.6 Å². The van der Waals surface area contributed by atoms with Crippen molar-refractivity contribution in [1.82, 2.24) is 20.3 Å². The number of nitrogens with one attached hydrogen (secondary N) is 1. The summed E-state index contributed by atoms with van der Waals surface area (Å²) < 4.78 is 25.6. The van der Waals surface area contributed by atoms with Crippen molar-refractivity contribution in [3.63, 3.8) is 0 Å². The second-order valence-electron chi connectivity index (χ2n) is 10.7. The van der Waals surface area contributed by atoms with Crippen LogP contribution in [0.15, 0.2) is 59.6 Å². The molecule has 1 saturated heterocycles. The van der Waals surface area contributed by atoms with Crippen LogP contribution in [-0.2, 0) is 0 Å². The Kier molecular flexibility index (Phi) is 7.92. The number of benzene rings is 1. The first-order chi connectivity index (χ1) is 20.9. The number of hydrogen-bond donors (Lipinski definition) is 2. The molecule has 1 amide bonds. The number of carbonyl (C=O) groups is 1. The smallest absolute Gasteiger partial charge is 0.274 e. The van der Waals surface area contributed by atoms with Crippen molar-refractivity contribution in [2.24, 2.45) is 5.41 Å². The van der Waals surface area contributed by atoms with E-state index >= 15 is 0 Å². The third-order valence-electron chi connectivity index (χ3n) is 7.79. The van der Waals surface area contributed by atoms with Crippen LogP contribution in [0, 0.1) is 22.6 Å². The van der Waals surface area contributed by atoms with Crippen molar-refractivity contribution in [2.45, 2.75) is 31.9 Å². The predicted octanol–water partition coefficient (Wildman–Crippen LogP) is 4.52. The van der Waals surface area contributed by atoms with E-state index in [1.54, 1.807) is 41.4 Å². The highest BCUT2D eigenvalue weighted by Gasteiger charge is 2.54. The Morgan fingerprint density at radius 2 is 2.12 bits per heavy atom. The molecule has 3 aromatic heterocycles. The van der Waals surface area contributed by atoms with Gasteiger partial charge < -0.3 is 24.8 Å². The largest absolute Gasteiger partial charge is 0.488 e. The molecule has 1 unspecified atom stereocenters. The standard InChI is InChI=1S/C31H29FN6O4S/c1-2-41-30-22(4-3-9-34-30)23-6-8-27(28(36-23)29(40)37-24(14-39)25-15-43-18-35-25)42-21-11-31(12-21)16-38(17-31)26-7-5-20(32)10-19(26)13-33/h3-10,15,18,21,24,39H,2,11-12,14,16-17H2,1H3,(H,37,40). The molecule has 1 spiro atoms. The van der Waals surface area contributed by atoms with Gasteiger partial charge in [-0.2, -0.15) is 5.26 Å². The van der Waals surface area contributed by atoms with Gasteiger partial charge in [0.05, 0.1) is 53.0 Å². The van der Waals surface area contributed by atoms with Crippen LogP contribution in [0.3, 0.4) is 0 Å². The number of rotatable bonds is 10. The SMILES string of the molecule is CCOc1ncccc1-c1ccc(OC2CC3(C2)CN(c2ccc(F)cc2C#N)C3)c(C(=O)NC(CO)c2cscn2)n1. The average Bonchev–Trinajstić information content (AvgIpc) is 3.52. The molecule has 2 N–H and O–H groups in total. The number of hydrogen-bond acceptors (Lipinski definition) is 10. The normalized spacial score (nSPS) is 16.1. The summed E-state index contributed by atoms with van der Waals surface area (Å²) >= 11 is 1.37. The molecule has 220 valence electrons. The molecule has 12 heteroatoms. The summed E-state index contributed by atoms with van der Waals surface area (Å²) in [5.41, 5.74) is 4.51. The molecule has 1 aliphatic heterocycles. The number of ether oxygens (including phenoxy) is 2. The van der Waals surface area contributed by atoms with Gasteiger partial charge in [0.25, 0.3) is 5.91 Å². The van der Waals surface area contributed by atoms with E-state index in [1.165, 1.54) is 23.5 Å². The highest BCUT2D eigenvalue weighted by atomic mass is 32.1. The molecular weight excluding hydrogens is 571 g/mol. The number of aliphatic hydroxyl groups is 1. The van der Waals surface area contributed by atoms with Gasteiger partial charge in [-0.25, -0.2) is 19.3 Å². The van der Waals surface area contributed by atoms with E-state index in [2.05, 4.69) is 31.2 Å². The minimum atomic E-state index is -0.702. The summed E-state index contributed by atoms with van der Waals surface area (Å²) in [6, 6.07) is 12.8. The number of nitriles is 1. The Morgan fingerprint density at radius 1 is 1.28 bits per heavy atom. The van der Waals surface area contributed by atoms with Crippen LogP contribution < -0.4 is 19.7 Å². The minimum absolute atomic E-state index is 0.0380. The van der Waals surface area contributed by atoms with E-state index in [-0.39, 0.29) is 23.8 Å². The summed E-state index contributed by atoms with van der Waals surface area (Å²) in [6.07, 6.45) is 3.04. The van der Waals surface area contributed by atoms with Crippen LogP contribution >= 0.6 is 11.3 Å². The summed E-state index contributed by atoms with van der Waals surface area (Å²) in [5.74, 6) is -0.194. The molecule has 4 aromatic rings. The minimum Gasteiger partial charge on any atom is -0.488 e. The van der Waals surface area contributed by atoms with Crippen LogP contribution in [0.5, 0.6) is 11.6 Å². The summed E-state index contributed by atoms with van der Waals surface area (Å²) in [5, 5.41) is 24.0. The van der Waals surface area contributed by atoms with E-state index < -0.39 is 17.8 Å². The van der Waals surface area contributed by atoms with E-state index in [0.717, 1.165) is 31.6 Å². The van der Waals surface area contributed by atoms with Gasteiger partial charge in [-0.3, -0.25) is 4.79 Å². The van der Waals surface area contributed by atoms with Gasteiger partial charge in [-0.05, 0) is 62.2 Å². The summed E-state index contributed by atoms with van der Waals surface area (Å²) in [6.45, 7) is 3.44. The zero-order valence-corrected chi connectivity index (χ0v) is 24.2. The summed E-state index contributed by atoms with van der Waals surface area (Å²) in [4.78, 5) is 28.9. The fourth-order valence-electron chi connectivity index (χ4n) is 5.76. The van der Waals surface area contributed by atoms with Gasteiger partial charge in [0.1, 0.15) is 18.0 Å². The fourth-order valence-corrected chi connectivity index (χ4v) is 6.37. The van der Waals surface area contributed by atoms with Crippen LogP contribution in [0.25, 0.3) is 11.3 Å². The van der Waals surface area contributed by atoms with Gasteiger partial charge in [0, 0.05) is 30.1 Å². The number of aromatic nitrogens is 3. The number of anilines is 1. The molecule has 0 radical (unpaired) electrons. The first kappa shape index (κ1) is 28.5. The topological polar surface area (TPSA) is 133 Å². The molecule has 1 saturated carbocycles. The molecule has 1 aliphatic carbocycles. The fraction of sp³-hybridized carbons (Fsp3) is 0.323. The number of nitrogens with zero attached hydrogens (tertiary/aromatic N) is 5. The molecule has 2 aliphatic rings. The highest BCUT2D eigenvalue weighted by Crippen LogP contribution is 2.51. The molecule has 1 atom stereocenters. The zero-order valence-electron chi connectivity index (χ0n) is 23.4. The maximum atomic E-state index is 13.6. The lowest BCUT2D eigenvalue weighted by Crippen LogP contribution is -2.65. The molecule has 0 bridgehead atoms. The Morgan fingerprint density at radius 3 is 2.84 bits per heavy atom. The van der Waals surface area contributed by atoms with Crippen molar-refractivity contribution >= 4 is 22.9 Å². The van der Waals surface area contributed by atoms with E-state index in [4.69, 9.17) is 9.47 Å².